The first-order valence-corrected chi connectivity index (χ1v) is 17.6. The molecule has 0 heterocycles. The smallest absolute Gasteiger partial charge is 0.0546 e. The van der Waals surface area contributed by atoms with Crippen LogP contribution in [0.3, 0.4) is 0 Å². The van der Waals surface area contributed by atoms with Crippen LogP contribution in [-0.2, 0) is 0 Å². The molecule has 0 aliphatic carbocycles. The van der Waals surface area contributed by atoms with E-state index in [1.807, 2.05) is 0 Å². The molecule has 0 amide bonds. The number of anilines is 3. The summed E-state index contributed by atoms with van der Waals surface area (Å²) in [6.45, 7) is 0. The predicted octanol–water partition coefficient (Wildman–Crippen LogP) is 14.3. The zero-order valence-corrected chi connectivity index (χ0v) is 28.0. The number of hydrogen-bond donors (Lipinski definition) is 0. The summed E-state index contributed by atoms with van der Waals surface area (Å²) in [4.78, 5) is 2.43. The summed E-state index contributed by atoms with van der Waals surface area (Å²) in [5, 5.41) is 12.7. The monoisotopic (exact) mass is 647 g/mol. The molecular weight excluding hydrogens is 615 g/mol. The summed E-state index contributed by atoms with van der Waals surface area (Å²) in [6, 6.07) is 73.0. The fourth-order valence-corrected chi connectivity index (χ4v) is 7.96. The SMILES string of the molecule is c1ccc(N(c2ccccc2-c2ccc(-c3ccc4ccc5c6ccccc6ccc5c4c3)cc2)c2cc3ccccc3c3ccccc23)cc1. The van der Waals surface area contributed by atoms with Gasteiger partial charge in [0.15, 0.2) is 0 Å². The van der Waals surface area contributed by atoms with Gasteiger partial charge in [0.25, 0.3) is 0 Å². The highest BCUT2D eigenvalue weighted by atomic mass is 15.1. The first-order chi connectivity index (χ1) is 25.3. The zero-order chi connectivity index (χ0) is 33.7. The lowest BCUT2D eigenvalue weighted by atomic mass is 9.93. The van der Waals surface area contributed by atoms with Crippen molar-refractivity contribution in [3.05, 3.63) is 200 Å². The first-order valence-electron chi connectivity index (χ1n) is 17.6. The lowest BCUT2D eigenvalue weighted by molar-refractivity contribution is 1.30. The second kappa shape index (κ2) is 12.0. The third-order valence-electron chi connectivity index (χ3n) is 10.4. The third-order valence-corrected chi connectivity index (χ3v) is 10.4. The van der Waals surface area contributed by atoms with Gasteiger partial charge in [-0.15, -0.1) is 0 Å². The summed E-state index contributed by atoms with van der Waals surface area (Å²) < 4.78 is 0. The lowest BCUT2D eigenvalue weighted by Crippen LogP contribution is -2.11. The standard InChI is InChI=1S/C50H33N/c1-2-14-40(15-3-1)51(50-33-39-13-5-7-17-42(39)44-19-8-9-20-47(44)50)49-21-11-10-18-43(49)36-24-22-34(23-25-36)38-27-26-37-29-30-45-41-16-6-4-12-35(41)28-31-46(45)48(37)32-38/h1-33H. The number of rotatable bonds is 5. The van der Waals surface area contributed by atoms with E-state index in [2.05, 4.69) is 205 Å². The summed E-state index contributed by atoms with van der Waals surface area (Å²) >= 11 is 0. The van der Waals surface area contributed by atoms with Gasteiger partial charge in [-0.05, 0) is 95.5 Å². The van der Waals surface area contributed by atoms with Crippen molar-refractivity contribution in [1.29, 1.82) is 0 Å². The molecule has 51 heavy (non-hydrogen) atoms. The predicted molar refractivity (Wildman–Crippen MR) is 220 cm³/mol. The van der Waals surface area contributed by atoms with Crippen molar-refractivity contribution in [2.24, 2.45) is 0 Å². The van der Waals surface area contributed by atoms with Crippen molar-refractivity contribution in [2.75, 3.05) is 4.90 Å². The van der Waals surface area contributed by atoms with Crippen LogP contribution in [0.5, 0.6) is 0 Å². The lowest BCUT2D eigenvalue weighted by Gasteiger charge is -2.29. The number of para-hydroxylation sites is 2. The molecule has 0 radical (unpaired) electrons. The van der Waals surface area contributed by atoms with Gasteiger partial charge in [0.1, 0.15) is 0 Å². The van der Waals surface area contributed by atoms with Crippen LogP contribution in [0.15, 0.2) is 200 Å². The Morgan fingerprint density at radius 3 is 1.55 bits per heavy atom. The molecule has 0 aromatic heterocycles. The van der Waals surface area contributed by atoms with Crippen LogP contribution in [-0.4, -0.2) is 0 Å². The van der Waals surface area contributed by atoms with Crippen LogP contribution >= 0.6 is 0 Å². The second-order valence-electron chi connectivity index (χ2n) is 13.3. The number of nitrogens with zero attached hydrogens (tertiary/aromatic N) is 1. The van der Waals surface area contributed by atoms with Crippen molar-refractivity contribution in [2.45, 2.75) is 0 Å². The van der Waals surface area contributed by atoms with Crippen LogP contribution in [0, 0.1) is 0 Å². The Balaban J connectivity index is 1.10. The largest absolute Gasteiger partial charge is 0.309 e. The van der Waals surface area contributed by atoms with Gasteiger partial charge in [-0.3, -0.25) is 0 Å². The van der Waals surface area contributed by atoms with Gasteiger partial charge in [0, 0.05) is 16.6 Å². The highest BCUT2D eigenvalue weighted by Crippen LogP contribution is 2.45. The van der Waals surface area contributed by atoms with Gasteiger partial charge in [-0.1, -0.05) is 170 Å². The Morgan fingerprint density at radius 1 is 0.255 bits per heavy atom. The molecule has 10 aromatic rings. The molecule has 0 atom stereocenters. The minimum Gasteiger partial charge on any atom is -0.309 e. The molecule has 0 saturated heterocycles. The van der Waals surface area contributed by atoms with E-state index in [0.29, 0.717) is 0 Å². The van der Waals surface area contributed by atoms with Crippen molar-refractivity contribution in [1.82, 2.24) is 0 Å². The van der Waals surface area contributed by atoms with E-state index in [0.717, 1.165) is 17.1 Å². The molecule has 1 heteroatoms. The van der Waals surface area contributed by atoms with Crippen molar-refractivity contribution in [3.8, 4) is 22.3 Å². The van der Waals surface area contributed by atoms with Gasteiger partial charge in [-0.2, -0.15) is 0 Å². The second-order valence-corrected chi connectivity index (χ2v) is 13.3. The highest BCUT2D eigenvalue weighted by Gasteiger charge is 2.20. The number of benzene rings is 10. The number of fused-ring (bicyclic) bond motifs is 8. The molecule has 0 bridgehead atoms. The van der Waals surface area contributed by atoms with E-state index in [9.17, 15) is 0 Å². The van der Waals surface area contributed by atoms with E-state index >= 15 is 0 Å². The van der Waals surface area contributed by atoms with E-state index < -0.39 is 0 Å². The van der Waals surface area contributed by atoms with Gasteiger partial charge in [-0.25, -0.2) is 0 Å². The van der Waals surface area contributed by atoms with E-state index in [4.69, 9.17) is 0 Å². The molecule has 0 N–H and O–H groups in total. The molecule has 0 fully saturated rings. The maximum atomic E-state index is 2.43. The van der Waals surface area contributed by atoms with Gasteiger partial charge < -0.3 is 4.90 Å². The topological polar surface area (TPSA) is 3.24 Å². The van der Waals surface area contributed by atoms with Crippen molar-refractivity contribution >= 4 is 70.9 Å². The number of hydrogen-bond acceptors (Lipinski definition) is 1. The molecular formula is C50H33N. The maximum absolute atomic E-state index is 2.43. The molecule has 0 saturated carbocycles. The molecule has 10 aromatic carbocycles. The Morgan fingerprint density at radius 2 is 0.765 bits per heavy atom. The Hall–Kier alpha value is -6.70. The summed E-state index contributed by atoms with van der Waals surface area (Å²) in [5.41, 5.74) is 8.21. The first kappa shape index (κ1) is 29.2. The zero-order valence-electron chi connectivity index (χ0n) is 28.0. The summed E-state index contributed by atoms with van der Waals surface area (Å²) in [7, 11) is 0. The maximum Gasteiger partial charge on any atom is 0.0546 e. The average molecular weight is 648 g/mol. The fourth-order valence-electron chi connectivity index (χ4n) is 7.96. The minimum absolute atomic E-state index is 1.12. The van der Waals surface area contributed by atoms with Crippen LogP contribution in [0.2, 0.25) is 0 Å². The van der Waals surface area contributed by atoms with Crippen LogP contribution in [0.4, 0.5) is 17.1 Å². The minimum atomic E-state index is 1.12. The molecule has 10 rings (SSSR count). The van der Waals surface area contributed by atoms with Crippen LogP contribution < -0.4 is 4.90 Å². The van der Waals surface area contributed by atoms with E-state index in [-0.39, 0.29) is 0 Å². The Labute approximate surface area is 297 Å². The van der Waals surface area contributed by atoms with Gasteiger partial charge >= 0.3 is 0 Å². The molecule has 0 aliphatic rings. The van der Waals surface area contributed by atoms with Gasteiger partial charge in [0.05, 0.1) is 11.4 Å². The molecule has 1 nitrogen and oxygen atoms in total. The van der Waals surface area contributed by atoms with E-state index in [1.165, 1.54) is 76.1 Å². The Kier molecular flexibility index (Phi) is 6.89. The van der Waals surface area contributed by atoms with Crippen molar-refractivity contribution < 1.29 is 0 Å². The molecule has 238 valence electrons. The average Bonchev–Trinajstić information content (AvgIpc) is 3.21. The quantitative estimate of drug-likeness (QED) is 0.168. The molecule has 0 spiro atoms. The molecule has 0 unspecified atom stereocenters. The summed E-state index contributed by atoms with van der Waals surface area (Å²) in [5.74, 6) is 0. The van der Waals surface area contributed by atoms with Crippen LogP contribution in [0.1, 0.15) is 0 Å². The fraction of sp³-hybridized carbons (Fsp3) is 0. The highest BCUT2D eigenvalue weighted by molar-refractivity contribution is 6.18. The van der Waals surface area contributed by atoms with Crippen molar-refractivity contribution in [3.63, 3.8) is 0 Å². The van der Waals surface area contributed by atoms with E-state index in [1.54, 1.807) is 0 Å². The van der Waals surface area contributed by atoms with Gasteiger partial charge in [0.2, 0.25) is 0 Å². The third kappa shape index (κ3) is 4.94. The normalized spacial score (nSPS) is 11.5. The van der Waals surface area contributed by atoms with Crippen LogP contribution in [0.25, 0.3) is 76.1 Å². The summed E-state index contributed by atoms with van der Waals surface area (Å²) in [6.07, 6.45) is 0. The Bertz CT molecular complexity index is 2900. The molecule has 0 aliphatic heterocycles.